The molecule has 3 aromatic carbocycles. The van der Waals surface area contributed by atoms with E-state index in [4.69, 9.17) is 0 Å². The Morgan fingerprint density at radius 3 is 2.62 bits per heavy atom. The van der Waals surface area contributed by atoms with Gasteiger partial charge in [-0.2, -0.15) is 0 Å². The van der Waals surface area contributed by atoms with Gasteiger partial charge in [0.15, 0.2) is 0 Å². The fourth-order valence-corrected chi connectivity index (χ4v) is 3.35. The smallest absolute Gasteiger partial charge is 0.228 e. The Kier molecular flexibility index (Phi) is 4.17. The normalized spacial score (nSPS) is 11.2. The van der Waals surface area contributed by atoms with Crippen molar-refractivity contribution in [3.05, 3.63) is 77.6 Å². The molecule has 0 unspecified atom stereocenters. The maximum atomic E-state index is 13.0. The van der Waals surface area contributed by atoms with Crippen molar-refractivity contribution in [3.8, 4) is 0 Å². The van der Waals surface area contributed by atoms with E-state index in [0.717, 1.165) is 34.1 Å². The van der Waals surface area contributed by atoms with Gasteiger partial charge in [0.2, 0.25) is 5.91 Å². The summed E-state index contributed by atoms with van der Waals surface area (Å²) in [5.41, 5.74) is 4.96. The summed E-state index contributed by atoms with van der Waals surface area (Å²) in [5.74, 6) is -0.425. The summed E-state index contributed by atoms with van der Waals surface area (Å²) >= 11 is 0. The van der Waals surface area contributed by atoms with Crippen molar-refractivity contribution in [1.82, 2.24) is 4.98 Å². The maximum Gasteiger partial charge on any atom is 0.228 e. The Morgan fingerprint density at radius 1 is 1.04 bits per heavy atom. The van der Waals surface area contributed by atoms with Crippen molar-refractivity contribution >= 4 is 33.4 Å². The minimum Gasteiger partial charge on any atom is -0.354 e. The first-order valence-electron chi connectivity index (χ1n) is 8.71. The molecule has 0 fully saturated rings. The summed E-state index contributed by atoms with van der Waals surface area (Å²) in [6.07, 6.45) is 1.18. The van der Waals surface area contributed by atoms with Crippen LogP contribution >= 0.6 is 0 Å². The van der Waals surface area contributed by atoms with Crippen molar-refractivity contribution < 1.29 is 9.18 Å². The molecule has 0 saturated carbocycles. The average Bonchev–Trinajstić information content (AvgIpc) is 3.01. The summed E-state index contributed by atoms with van der Waals surface area (Å²) < 4.78 is 13.0. The Morgan fingerprint density at radius 2 is 1.85 bits per heavy atom. The average molecular weight is 346 g/mol. The molecule has 4 rings (SSSR count). The second-order valence-corrected chi connectivity index (χ2v) is 6.43. The van der Waals surface area contributed by atoms with Crippen LogP contribution in [0.4, 0.5) is 10.1 Å². The van der Waals surface area contributed by atoms with Crippen LogP contribution in [0.3, 0.4) is 0 Å². The minimum atomic E-state index is -0.301. The van der Waals surface area contributed by atoms with Crippen molar-refractivity contribution in [1.29, 1.82) is 0 Å². The van der Waals surface area contributed by atoms with Crippen LogP contribution in [0.1, 0.15) is 18.1 Å². The maximum absolute atomic E-state index is 13.0. The molecular weight excluding hydrogens is 327 g/mol. The van der Waals surface area contributed by atoms with Crippen molar-refractivity contribution in [2.75, 3.05) is 5.32 Å². The first-order valence-corrected chi connectivity index (χ1v) is 8.71. The quantitative estimate of drug-likeness (QED) is 0.524. The summed E-state index contributed by atoms with van der Waals surface area (Å²) in [7, 11) is 0. The van der Waals surface area contributed by atoms with Gasteiger partial charge in [0.1, 0.15) is 5.82 Å². The number of nitrogens with one attached hydrogen (secondary N) is 2. The van der Waals surface area contributed by atoms with Gasteiger partial charge >= 0.3 is 0 Å². The van der Waals surface area contributed by atoms with E-state index in [1.54, 1.807) is 12.1 Å². The molecule has 0 saturated heterocycles. The minimum absolute atomic E-state index is 0.124. The highest BCUT2D eigenvalue weighted by atomic mass is 19.1. The number of carbonyl (C=O) groups excluding carboxylic acids is 1. The lowest BCUT2D eigenvalue weighted by Crippen LogP contribution is -2.14. The van der Waals surface area contributed by atoms with Gasteiger partial charge in [-0.1, -0.05) is 43.3 Å². The highest BCUT2D eigenvalue weighted by Gasteiger charge is 2.09. The van der Waals surface area contributed by atoms with E-state index in [2.05, 4.69) is 35.4 Å². The number of carbonyl (C=O) groups is 1. The van der Waals surface area contributed by atoms with Gasteiger partial charge in [0.05, 0.1) is 6.42 Å². The molecule has 0 aliphatic heterocycles. The summed E-state index contributed by atoms with van der Waals surface area (Å²) in [6.45, 7) is 2.14. The molecule has 1 heterocycles. The fourth-order valence-electron chi connectivity index (χ4n) is 3.35. The molecule has 3 nitrogen and oxygen atoms in total. The number of H-pyrrole nitrogens is 1. The molecule has 4 heteroatoms. The molecule has 1 amide bonds. The summed E-state index contributed by atoms with van der Waals surface area (Å²) in [4.78, 5) is 15.7. The molecule has 130 valence electrons. The van der Waals surface area contributed by atoms with Gasteiger partial charge in [-0.15, -0.1) is 0 Å². The first-order chi connectivity index (χ1) is 12.6. The van der Waals surface area contributed by atoms with E-state index in [1.165, 1.54) is 23.1 Å². The number of amides is 1. The number of fused-ring (bicyclic) bond motifs is 3. The molecule has 0 aliphatic rings. The van der Waals surface area contributed by atoms with Gasteiger partial charge in [-0.3, -0.25) is 4.79 Å². The topological polar surface area (TPSA) is 44.9 Å². The number of aryl methyl sites for hydroxylation is 1. The number of halogens is 1. The van der Waals surface area contributed by atoms with E-state index in [1.807, 2.05) is 18.2 Å². The highest BCUT2D eigenvalue weighted by molar-refractivity contribution is 6.09. The number of aromatic nitrogens is 1. The predicted octanol–water partition coefficient (Wildman–Crippen LogP) is 5.20. The van der Waals surface area contributed by atoms with E-state index < -0.39 is 0 Å². The van der Waals surface area contributed by atoms with Crippen molar-refractivity contribution in [2.45, 2.75) is 19.8 Å². The molecule has 4 aromatic rings. The highest BCUT2D eigenvalue weighted by Crippen LogP contribution is 2.29. The van der Waals surface area contributed by atoms with Gasteiger partial charge < -0.3 is 10.3 Å². The van der Waals surface area contributed by atoms with Gasteiger partial charge in [-0.05, 0) is 41.8 Å². The zero-order chi connectivity index (χ0) is 18.1. The molecule has 0 bridgehead atoms. The second kappa shape index (κ2) is 6.64. The molecule has 26 heavy (non-hydrogen) atoms. The standard InChI is InChI=1S/C22H19FN2O/c1-2-15-4-3-5-19-18-11-10-17(13-20(18)25-22(15)19)24-21(26)12-14-6-8-16(23)9-7-14/h3-11,13,25H,2,12H2,1H3,(H,24,26). The number of benzene rings is 3. The zero-order valence-corrected chi connectivity index (χ0v) is 14.5. The Bertz CT molecular complexity index is 1100. The van der Waals surface area contributed by atoms with Crippen LogP contribution in [0, 0.1) is 5.82 Å². The summed E-state index contributed by atoms with van der Waals surface area (Å²) in [5, 5.41) is 5.26. The molecular formula is C22H19FN2O. The number of rotatable bonds is 4. The van der Waals surface area contributed by atoms with Crippen LogP contribution in [0.15, 0.2) is 60.7 Å². The number of para-hydroxylation sites is 1. The molecule has 2 N–H and O–H groups in total. The van der Waals surface area contributed by atoms with Crippen LogP contribution in [-0.4, -0.2) is 10.9 Å². The molecule has 1 aromatic heterocycles. The van der Waals surface area contributed by atoms with Crippen molar-refractivity contribution in [2.24, 2.45) is 0 Å². The third kappa shape index (κ3) is 3.06. The van der Waals surface area contributed by atoms with Crippen LogP contribution in [0.2, 0.25) is 0 Å². The Balaban J connectivity index is 1.60. The largest absolute Gasteiger partial charge is 0.354 e. The van der Waals surface area contributed by atoms with E-state index in [-0.39, 0.29) is 18.1 Å². The lowest BCUT2D eigenvalue weighted by molar-refractivity contribution is -0.115. The number of aromatic amines is 1. The molecule has 0 aliphatic carbocycles. The van der Waals surface area contributed by atoms with E-state index in [9.17, 15) is 9.18 Å². The molecule has 0 atom stereocenters. The van der Waals surface area contributed by atoms with Crippen LogP contribution in [0.25, 0.3) is 21.8 Å². The SMILES string of the molecule is CCc1cccc2c1[nH]c1cc(NC(=O)Cc3ccc(F)cc3)ccc12. The second-order valence-electron chi connectivity index (χ2n) is 6.43. The monoisotopic (exact) mass is 346 g/mol. The van der Waals surface area contributed by atoms with Crippen LogP contribution < -0.4 is 5.32 Å². The lowest BCUT2D eigenvalue weighted by atomic mass is 10.1. The zero-order valence-electron chi connectivity index (χ0n) is 14.5. The number of anilines is 1. The third-order valence-corrected chi connectivity index (χ3v) is 4.66. The third-order valence-electron chi connectivity index (χ3n) is 4.66. The summed E-state index contributed by atoms with van der Waals surface area (Å²) in [6, 6.07) is 18.2. The van der Waals surface area contributed by atoms with E-state index in [0.29, 0.717) is 0 Å². The Hall–Kier alpha value is -3.14. The fraction of sp³-hybridized carbons (Fsp3) is 0.136. The Labute approximate surface area is 150 Å². The number of hydrogen-bond donors (Lipinski definition) is 2. The van der Waals surface area contributed by atoms with Crippen LogP contribution in [-0.2, 0) is 17.6 Å². The van der Waals surface area contributed by atoms with Crippen molar-refractivity contribution in [3.63, 3.8) is 0 Å². The molecule has 0 spiro atoms. The predicted molar refractivity (Wildman–Crippen MR) is 104 cm³/mol. The van der Waals surface area contributed by atoms with Gasteiger partial charge in [0.25, 0.3) is 0 Å². The van der Waals surface area contributed by atoms with Gasteiger partial charge in [-0.25, -0.2) is 4.39 Å². The van der Waals surface area contributed by atoms with Crippen LogP contribution in [0.5, 0.6) is 0 Å². The molecule has 0 radical (unpaired) electrons. The van der Waals surface area contributed by atoms with Gasteiger partial charge in [0, 0.05) is 27.5 Å². The number of hydrogen-bond acceptors (Lipinski definition) is 1. The first kappa shape index (κ1) is 16.3. The lowest BCUT2D eigenvalue weighted by Gasteiger charge is -2.06. The van der Waals surface area contributed by atoms with E-state index >= 15 is 0 Å².